The second-order valence-electron chi connectivity index (χ2n) is 3.71. The molecule has 98 valence electrons. The van der Waals surface area contributed by atoms with E-state index in [9.17, 15) is 19.1 Å². The van der Waals surface area contributed by atoms with Crippen molar-refractivity contribution in [1.82, 2.24) is 4.90 Å². The first kappa shape index (κ1) is 14.4. The van der Waals surface area contributed by atoms with Crippen LogP contribution in [0, 0.1) is 5.82 Å². The number of carboxylic acids is 1. The summed E-state index contributed by atoms with van der Waals surface area (Å²) in [6.45, 7) is 3.05. The Bertz CT molecular complexity index is 478. The van der Waals surface area contributed by atoms with E-state index in [0.29, 0.717) is 0 Å². The minimum atomic E-state index is -1.34. The normalized spacial score (nSPS) is 12.0. The highest BCUT2D eigenvalue weighted by Crippen LogP contribution is 2.26. The van der Waals surface area contributed by atoms with E-state index < -0.39 is 23.7 Å². The van der Waals surface area contributed by atoms with Gasteiger partial charge in [0.05, 0.1) is 0 Å². The molecule has 0 aliphatic rings. The molecule has 1 atom stereocenters. The molecule has 4 nitrogen and oxygen atoms in total. The fourth-order valence-corrected chi connectivity index (χ4v) is 1.90. The zero-order chi connectivity index (χ0) is 13.9. The number of hydrogen-bond acceptors (Lipinski definition) is 2. The molecule has 0 aliphatic carbocycles. The van der Waals surface area contributed by atoms with Gasteiger partial charge in [0.15, 0.2) is 6.04 Å². The molecule has 0 saturated heterocycles. The number of hydrogen-bond donors (Lipinski definition) is 1. The molecule has 1 amide bonds. The van der Waals surface area contributed by atoms with Crippen molar-refractivity contribution in [3.63, 3.8) is 0 Å². The minimum Gasteiger partial charge on any atom is -0.479 e. The second-order valence-corrected chi connectivity index (χ2v) is 4.15. The average Bonchev–Trinajstić information content (AvgIpc) is 2.26. The van der Waals surface area contributed by atoms with Crippen LogP contribution in [0.5, 0.6) is 0 Å². The van der Waals surface area contributed by atoms with Crippen molar-refractivity contribution in [3.05, 3.63) is 34.6 Å². The van der Waals surface area contributed by atoms with Gasteiger partial charge in [0.25, 0.3) is 0 Å². The van der Waals surface area contributed by atoms with Gasteiger partial charge in [-0.2, -0.15) is 0 Å². The average molecular weight is 274 g/mol. The highest BCUT2D eigenvalue weighted by Gasteiger charge is 2.30. The Balaban J connectivity index is 3.27. The molecule has 0 heterocycles. The first-order valence-corrected chi connectivity index (χ1v) is 5.71. The summed E-state index contributed by atoms with van der Waals surface area (Å²) in [4.78, 5) is 23.7. The van der Waals surface area contributed by atoms with E-state index in [1.54, 1.807) is 6.92 Å². The summed E-state index contributed by atoms with van der Waals surface area (Å²) in [5.41, 5.74) is -0.0797. The van der Waals surface area contributed by atoms with Crippen LogP contribution < -0.4 is 0 Å². The van der Waals surface area contributed by atoms with Crippen molar-refractivity contribution in [2.45, 2.75) is 19.9 Å². The fourth-order valence-electron chi connectivity index (χ4n) is 1.74. The number of benzene rings is 1. The molecule has 1 aromatic carbocycles. The number of likely N-dealkylation sites (N-methyl/N-ethyl adjacent to an activating group) is 1. The molecule has 0 saturated carbocycles. The van der Waals surface area contributed by atoms with Crippen LogP contribution in [0.1, 0.15) is 25.5 Å². The maximum absolute atomic E-state index is 13.7. The summed E-state index contributed by atoms with van der Waals surface area (Å²) in [7, 11) is 0. The number of carbonyl (C=O) groups excluding carboxylic acids is 1. The zero-order valence-electron chi connectivity index (χ0n) is 9.98. The van der Waals surface area contributed by atoms with Gasteiger partial charge >= 0.3 is 5.97 Å². The number of carboxylic acid groups (broad SMARTS) is 1. The van der Waals surface area contributed by atoms with Crippen molar-refractivity contribution in [1.29, 1.82) is 0 Å². The van der Waals surface area contributed by atoms with Crippen molar-refractivity contribution in [3.8, 4) is 0 Å². The molecule has 0 aliphatic heterocycles. The van der Waals surface area contributed by atoms with Crippen molar-refractivity contribution in [2.24, 2.45) is 0 Å². The van der Waals surface area contributed by atoms with Gasteiger partial charge in [-0.05, 0) is 19.1 Å². The summed E-state index contributed by atoms with van der Waals surface area (Å²) in [5.74, 6) is -2.46. The van der Waals surface area contributed by atoms with Gasteiger partial charge in [-0.3, -0.25) is 4.79 Å². The number of aliphatic carboxylic acids is 1. The molecule has 18 heavy (non-hydrogen) atoms. The number of amides is 1. The third kappa shape index (κ3) is 2.98. The number of nitrogens with zero attached hydrogens (tertiary/aromatic N) is 1. The first-order valence-electron chi connectivity index (χ1n) is 5.33. The highest BCUT2D eigenvalue weighted by atomic mass is 35.5. The topological polar surface area (TPSA) is 57.6 Å². The predicted octanol–water partition coefficient (Wildman–Crippen LogP) is 2.47. The monoisotopic (exact) mass is 273 g/mol. The summed E-state index contributed by atoms with van der Waals surface area (Å²) < 4.78 is 13.7. The molecule has 1 rings (SSSR count). The zero-order valence-corrected chi connectivity index (χ0v) is 10.7. The molecule has 0 aromatic heterocycles. The van der Waals surface area contributed by atoms with E-state index in [-0.39, 0.29) is 17.1 Å². The Labute approximate surface area is 109 Å². The standard InChI is InChI=1S/C12H13ClFNO3/c1-3-15(7(2)16)11(12(17)18)9-5-4-8(13)6-10(9)14/h4-6,11H,3H2,1-2H3,(H,17,18). The van der Waals surface area contributed by atoms with Crippen molar-refractivity contribution in [2.75, 3.05) is 6.54 Å². The summed E-state index contributed by atoms with van der Waals surface area (Å²) in [5, 5.41) is 9.35. The molecule has 0 fully saturated rings. The van der Waals surface area contributed by atoms with Gasteiger partial charge in [-0.1, -0.05) is 17.7 Å². The van der Waals surface area contributed by atoms with Crippen LogP contribution in [0.4, 0.5) is 4.39 Å². The van der Waals surface area contributed by atoms with E-state index >= 15 is 0 Å². The van der Waals surface area contributed by atoms with Gasteiger partial charge in [-0.15, -0.1) is 0 Å². The molecule has 0 spiro atoms. The van der Waals surface area contributed by atoms with E-state index in [2.05, 4.69) is 0 Å². The highest BCUT2D eigenvalue weighted by molar-refractivity contribution is 6.30. The molecule has 1 N–H and O–H groups in total. The molecular weight excluding hydrogens is 261 g/mol. The summed E-state index contributed by atoms with van der Waals surface area (Å²) in [6.07, 6.45) is 0. The van der Waals surface area contributed by atoms with Crippen LogP contribution in [0.15, 0.2) is 18.2 Å². The molecule has 0 bridgehead atoms. The summed E-state index contributed by atoms with van der Waals surface area (Å²) >= 11 is 5.61. The SMILES string of the molecule is CCN(C(C)=O)C(C(=O)O)c1ccc(Cl)cc1F. The minimum absolute atomic E-state index is 0.0797. The molecular formula is C12H13ClFNO3. The quantitative estimate of drug-likeness (QED) is 0.917. The van der Waals surface area contributed by atoms with Crippen LogP contribution in [-0.4, -0.2) is 28.4 Å². The second kappa shape index (κ2) is 5.82. The lowest BCUT2D eigenvalue weighted by molar-refractivity contribution is -0.149. The van der Waals surface area contributed by atoms with Gasteiger partial charge < -0.3 is 10.0 Å². The van der Waals surface area contributed by atoms with Gasteiger partial charge in [0.2, 0.25) is 5.91 Å². The molecule has 6 heteroatoms. The number of halogens is 2. The van der Waals surface area contributed by atoms with Gasteiger partial charge in [-0.25, -0.2) is 9.18 Å². The predicted molar refractivity (Wildman–Crippen MR) is 64.8 cm³/mol. The third-order valence-corrected chi connectivity index (χ3v) is 2.78. The molecule has 0 radical (unpaired) electrons. The smallest absolute Gasteiger partial charge is 0.331 e. The summed E-state index contributed by atoms with van der Waals surface area (Å²) in [6, 6.07) is 2.36. The van der Waals surface area contributed by atoms with Gasteiger partial charge in [0, 0.05) is 24.1 Å². The lowest BCUT2D eigenvalue weighted by atomic mass is 10.0. The Morgan fingerprint density at radius 2 is 2.11 bits per heavy atom. The third-order valence-electron chi connectivity index (χ3n) is 2.55. The van der Waals surface area contributed by atoms with Crippen LogP contribution in [-0.2, 0) is 9.59 Å². The Kier molecular flexibility index (Phi) is 4.67. The maximum atomic E-state index is 13.7. The van der Waals surface area contributed by atoms with E-state index in [4.69, 9.17) is 11.6 Å². The Hall–Kier alpha value is -1.62. The van der Waals surface area contributed by atoms with Crippen LogP contribution in [0.2, 0.25) is 5.02 Å². The largest absolute Gasteiger partial charge is 0.479 e. The van der Waals surface area contributed by atoms with Crippen LogP contribution in [0.3, 0.4) is 0 Å². The van der Waals surface area contributed by atoms with E-state index in [1.165, 1.54) is 19.1 Å². The van der Waals surface area contributed by atoms with Crippen LogP contribution in [0.25, 0.3) is 0 Å². The molecule has 1 aromatic rings. The van der Waals surface area contributed by atoms with Gasteiger partial charge in [0.1, 0.15) is 5.82 Å². The van der Waals surface area contributed by atoms with E-state index in [0.717, 1.165) is 11.0 Å². The first-order chi connectivity index (χ1) is 8.38. The van der Waals surface area contributed by atoms with Crippen molar-refractivity contribution < 1.29 is 19.1 Å². The fraction of sp³-hybridized carbons (Fsp3) is 0.333. The molecule has 1 unspecified atom stereocenters. The van der Waals surface area contributed by atoms with E-state index in [1.807, 2.05) is 0 Å². The number of rotatable bonds is 4. The van der Waals surface area contributed by atoms with Crippen LogP contribution >= 0.6 is 11.6 Å². The van der Waals surface area contributed by atoms with Crippen molar-refractivity contribution >= 4 is 23.5 Å². The Morgan fingerprint density at radius 1 is 1.50 bits per heavy atom. The lowest BCUT2D eigenvalue weighted by Crippen LogP contribution is -2.37. The number of carbonyl (C=O) groups is 2. The maximum Gasteiger partial charge on any atom is 0.331 e. The Morgan fingerprint density at radius 3 is 2.50 bits per heavy atom. The lowest BCUT2D eigenvalue weighted by Gasteiger charge is -2.27.